The normalized spacial score (nSPS) is 12.3. The number of imidazole rings is 1. The van der Waals surface area contributed by atoms with Gasteiger partial charge in [0.25, 0.3) is 5.56 Å². The van der Waals surface area contributed by atoms with Gasteiger partial charge < -0.3 is 9.88 Å². The number of hydrogen-bond donors (Lipinski definition) is 1. The molecule has 0 aliphatic carbocycles. The number of aryl methyl sites for hydroxylation is 1. The Morgan fingerprint density at radius 1 is 1.23 bits per heavy atom. The average molecular weight is 376 g/mol. The van der Waals surface area contributed by atoms with Gasteiger partial charge in [0.05, 0.1) is 12.4 Å². The number of carbonyl (C=O) groups is 1. The first kappa shape index (κ1) is 17.9. The molecule has 3 aromatic rings. The molecule has 0 bridgehead atoms. The van der Waals surface area contributed by atoms with Crippen molar-refractivity contribution in [2.45, 2.75) is 19.5 Å². The lowest BCUT2D eigenvalue weighted by molar-refractivity contribution is -0.122. The molecule has 136 valence electrons. The van der Waals surface area contributed by atoms with Gasteiger partial charge in [-0.05, 0) is 18.6 Å². The maximum absolute atomic E-state index is 12.4. The fourth-order valence-electron chi connectivity index (χ4n) is 2.86. The van der Waals surface area contributed by atoms with Crippen molar-refractivity contribution in [2.75, 3.05) is 0 Å². The molecule has 1 aromatic carbocycles. The van der Waals surface area contributed by atoms with E-state index in [9.17, 15) is 14.4 Å². The molecule has 1 amide bonds. The molecule has 0 aliphatic heterocycles. The highest BCUT2D eigenvalue weighted by molar-refractivity contribution is 6.31. The van der Waals surface area contributed by atoms with Crippen LogP contribution in [0.25, 0.3) is 11.2 Å². The van der Waals surface area contributed by atoms with Gasteiger partial charge in [0.15, 0.2) is 11.2 Å². The van der Waals surface area contributed by atoms with Gasteiger partial charge in [0.1, 0.15) is 6.54 Å². The first-order chi connectivity index (χ1) is 12.3. The Morgan fingerprint density at radius 2 is 1.92 bits per heavy atom. The Balaban J connectivity index is 1.88. The van der Waals surface area contributed by atoms with Crippen LogP contribution in [0.15, 0.2) is 40.2 Å². The molecule has 26 heavy (non-hydrogen) atoms. The van der Waals surface area contributed by atoms with Crippen LogP contribution in [0.1, 0.15) is 18.5 Å². The van der Waals surface area contributed by atoms with Crippen LogP contribution in [0.2, 0.25) is 5.02 Å². The van der Waals surface area contributed by atoms with E-state index in [-0.39, 0.29) is 29.7 Å². The van der Waals surface area contributed by atoms with Crippen molar-refractivity contribution in [1.82, 2.24) is 24.0 Å². The van der Waals surface area contributed by atoms with Crippen molar-refractivity contribution in [2.24, 2.45) is 14.1 Å². The molecule has 0 fully saturated rings. The van der Waals surface area contributed by atoms with E-state index in [2.05, 4.69) is 10.3 Å². The number of benzene rings is 1. The fourth-order valence-corrected chi connectivity index (χ4v) is 3.16. The lowest BCUT2D eigenvalue weighted by atomic mass is 10.1. The summed E-state index contributed by atoms with van der Waals surface area (Å²) in [5, 5.41) is 3.42. The molecule has 2 heterocycles. The molecule has 3 rings (SSSR count). The summed E-state index contributed by atoms with van der Waals surface area (Å²) in [5.74, 6) is -0.298. The average Bonchev–Trinajstić information content (AvgIpc) is 3.01. The summed E-state index contributed by atoms with van der Waals surface area (Å²) >= 11 is 6.15. The largest absolute Gasteiger partial charge is 0.348 e. The first-order valence-corrected chi connectivity index (χ1v) is 8.33. The van der Waals surface area contributed by atoms with E-state index >= 15 is 0 Å². The van der Waals surface area contributed by atoms with Crippen LogP contribution in [-0.4, -0.2) is 24.6 Å². The zero-order valence-corrected chi connectivity index (χ0v) is 15.3. The molecular weight excluding hydrogens is 358 g/mol. The predicted octanol–water partition coefficient (Wildman–Crippen LogP) is 0.965. The van der Waals surface area contributed by atoms with E-state index in [4.69, 9.17) is 11.6 Å². The zero-order valence-electron chi connectivity index (χ0n) is 14.6. The third-order valence-electron chi connectivity index (χ3n) is 4.28. The minimum Gasteiger partial charge on any atom is -0.348 e. The van der Waals surface area contributed by atoms with Gasteiger partial charge in [0.2, 0.25) is 5.91 Å². The summed E-state index contributed by atoms with van der Waals surface area (Å²) < 4.78 is 3.70. The second kappa shape index (κ2) is 6.80. The molecule has 1 atom stereocenters. The Kier molecular flexibility index (Phi) is 4.69. The lowest BCUT2D eigenvalue weighted by Crippen LogP contribution is -2.38. The highest BCUT2D eigenvalue weighted by atomic mass is 35.5. The highest BCUT2D eigenvalue weighted by Gasteiger charge is 2.17. The maximum Gasteiger partial charge on any atom is 0.332 e. The van der Waals surface area contributed by atoms with Crippen LogP contribution in [0, 0.1) is 0 Å². The van der Waals surface area contributed by atoms with Gasteiger partial charge in [-0.1, -0.05) is 29.8 Å². The molecule has 0 aliphatic rings. The number of fused-ring (bicyclic) bond motifs is 1. The zero-order chi connectivity index (χ0) is 19.0. The van der Waals surface area contributed by atoms with Crippen LogP contribution < -0.4 is 16.6 Å². The molecule has 9 heteroatoms. The monoisotopic (exact) mass is 375 g/mol. The molecular formula is C17H18ClN5O3. The van der Waals surface area contributed by atoms with Crippen molar-refractivity contribution in [3.05, 3.63) is 62.0 Å². The molecule has 0 spiro atoms. The van der Waals surface area contributed by atoms with Gasteiger partial charge in [-0.25, -0.2) is 9.78 Å². The summed E-state index contributed by atoms with van der Waals surface area (Å²) in [6, 6.07) is 6.96. The topological polar surface area (TPSA) is 90.9 Å². The smallest absolute Gasteiger partial charge is 0.332 e. The minimum absolute atomic E-state index is 0.0985. The Hall–Kier alpha value is -2.87. The molecule has 0 saturated carbocycles. The minimum atomic E-state index is -0.493. The molecule has 8 nitrogen and oxygen atoms in total. The Labute approximate surface area is 153 Å². The molecule has 1 unspecified atom stereocenters. The quantitative estimate of drug-likeness (QED) is 0.735. The van der Waals surface area contributed by atoms with Crippen molar-refractivity contribution in [3.63, 3.8) is 0 Å². The van der Waals surface area contributed by atoms with E-state index in [1.807, 2.05) is 25.1 Å². The summed E-state index contributed by atoms with van der Waals surface area (Å²) in [4.78, 5) is 40.9. The summed E-state index contributed by atoms with van der Waals surface area (Å²) in [6.45, 7) is 1.73. The van der Waals surface area contributed by atoms with Gasteiger partial charge >= 0.3 is 5.69 Å². The number of hydrogen-bond acceptors (Lipinski definition) is 4. The van der Waals surface area contributed by atoms with E-state index < -0.39 is 11.2 Å². The second-order valence-corrected chi connectivity index (χ2v) is 6.47. The van der Waals surface area contributed by atoms with Gasteiger partial charge in [-0.15, -0.1) is 0 Å². The maximum atomic E-state index is 12.4. The Bertz CT molecular complexity index is 1110. The SMILES string of the molecule is CC(NC(=O)Cn1cnc2c1c(=O)n(C)c(=O)n2C)c1ccccc1Cl. The standard InChI is InChI=1S/C17H18ClN5O3/c1-10(11-6-4-5-7-12(11)18)20-13(24)8-23-9-19-15-14(23)16(25)22(3)17(26)21(15)2/h4-7,9-10H,8H2,1-3H3,(H,20,24). The third-order valence-corrected chi connectivity index (χ3v) is 4.62. The fraction of sp³-hybridized carbons (Fsp3) is 0.294. The summed E-state index contributed by atoms with van der Waals surface area (Å²) in [6.07, 6.45) is 1.38. The van der Waals surface area contributed by atoms with Crippen molar-refractivity contribution < 1.29 is 4.79 Å². The number of aromatic nitrogens is 4. The number of rotatable bonds is 4. The van der Waals surface area contributed by atoms with Crippen molar-refractivity contribution in [3.8, 4) is 0 Å². The van der Waals surface area contributed by atoms with Crippen LogP contribution in [-0.2, 0) is 25.4 Å². The van der Waals surface area contributed by atoms with E-state index in [1.165, 1.54) is 29.6 Å². The number of halogens is 1. The van der Waals surface area contributed by atoms with Gasteiger partial charge in [-0.3, -0.25) is 18.7 Å². The lowest BCUT2D eigenvalue weighted by Gasteiger charge is -2.16. The van der Waals surface area contributed by atoms with Crippen LogP contribution in [0.4, 0.5) is 0 Å². The van der Waals surface area contributed by atoms with E-state index in [0.29, 0.717) is 5.02 Å². The number of amides is 1. The predicted molar refractivity (Wildman–Crippen MR) is 98.2 cm³/mol. The highest BCUT2D eigenvalue weighted by Crippen LogP contribution is 2.22. The van der Waals surface area contributed by atoms with E-state index in [0.717, 1.165) is 10.1 Å². The van der Waals surface area contributed by atoms with Crippen LogP contribution >= 0.6 is 11.6 Å². The first-order valence-electron chi connectivity index (χ1n) is 7.96. The molecule has 2 aromatic heterocycles. The Morgan fingerprint density at radius 3 is 2.62 bits per heavy atom. The number of carbonyl (C=O) groups excluding carboxylic acids is 1. The molecule has 0 saturated heterocycles. The van der Waals surface area contributed by atoms with Crippen LogP contribution in [0.5, 0.6) is 0 Å². The number of nitrogens with zero attached hydrogens (tertiary/aromatic N) is 4. The van der Waals surface area contributed by atoms with Gasteiger partial charge in [0, 0.05) is 19.1 Å². The van der Waals surface area contributed by atoms with Gasteiger partial charge in [-0.2, -0.15) is 0 Å². The number of nitrogens with one attached hydrogen (secondary N) is 1. The van der Waals surface area contributed by atoms with Crippen molar-refractivity contribution in [1.29, 1.82) is 0 Å². The second-order valence-electron chi connectivity index (χ2n) is 6.06. The third kappa shape index (κ3) is 3.03. The molecule has 0 radical (unpaired) electrons. The molecule has 1 N–H and O–H groups in total. The van der Waals surface area contributed by atoms with E-state index in [1.54, 1.807) is 6.07 Å². The van der Waals surface area contributed by atoms with Crippen LogP contribution in [0.3, 0.4) is 0 Å². The summed E-state index contributed by atoms with van der Waals surface area (Å²) in [7, 11) is 2.92. The van der Waals surface area contributed by atoms with Crippen molar-refractivity contribution >= 4 is 28.7 Å². The summed E-state index contributed by atoms with van der Waals surface area (Å²) in [5.41, 5.74) is 0.286.